The number of fused-ring (bicyclic) bond motifs is 1. The monoisotopic (exact) mass is 344 g/mol. The number of amides is 3. The van der Waals surface area contributed by atoms with Crippen LogP contribution in [0.15, 0.2) is 22.8 Å². The molecule has 1 unspecified atom stereocenters. The molecule has 2 heterocycles. The topological polar surface area (TPSA) is 88.8 Å². The number of aryl methyl sites for hydroxylation is 2. The summed E-state index contributed by atoms with van der Waals surface area (Å²) in [7, 11) is 0. The minimum absolute atomic E-state index is 0.000677. The summed E-state index contributed by atoms with van der Waals surface area (Å²) < 4.78 is 10.7. The molecule has 0 saturated carbocycles. The summed E-state index contributed by atoms with van der Waals surface area (Å²) >= 11 is 0. The van der Waals surface area contributed by atoms with Gasteiger partial charge in [0.1, 0.15) is 5.58 Å². The Morgan fingerprint density at radius 2 is 2.04 bits per heavy atom. The van der Waals surface area contributed by atoms with Crippen LogP contribution in [0, 0.1) is 13.8 Å². The van der Waals surface area contributed by atoms with E-state index in [9.17, 15) is 14.4 Å². The van der Waals surface area contributed by atoms with Gasteiger partial charge in [-0.15, -0.1) is 0 Å². The number of carbonyl (C=O) groups excluding carboxylic acids is 3. The number of benzene rings is 1. The Labute approximate surface area is 144 Å². The first-order valence-electron chi connectivity index (χ1n) is 8.13. The Morgan fingerprint density at radius 3 is 2.72 bits per heavy atom. The second-order valence-electron chi connectivity index (χ2n) is 6.22. The summed E-state index contributed by atoms with van der Waals surface area (Å²) in [4.78, 5) is 36.9. The summed E-state index contributed by atoms with van der Waals surface area (Å²) in [6.45, 7) is 6.14. The maximum Gasteiger partial charge on any atom is 0.324 e. The lowest BCUT2D eigenvalue weighted by Crippen LogP contribution is -2.42. The Balaban J connectivity index is 1.67. The fourth-order valence-corrected chi connectivity index (χ4v) is 2.82. The van der Waals surface area contributed by atoms with Crippen molar-refractivity contribution in [2.45, 2.75) is 33.3 Å². The van der Waals surface area contributed by atoms with E-state index < -0.39 is 24.0 Å². The predicted molar refractivity (Wildman–Crippen MR) is 90.1 cm³/mol. The Hall–Kier alpha value is -2.83. The molecule has 7 heteroatoms. The number of ether oxygens (including phenoxy) is 1. The fourth-order valence-electron chi connectivity index (χ4n) is 2.82. The molecule has 1 aliphatic heterocycles. The summed E-state index contributed by atoms with van der Waals surface area (Å²) in [5, 5.41) is 3.40. The number of nitrogens with zero attached hydrogens (tertiary/aromatic N) is 1. The predicted octanol–water partition coefficient (Wildman–Crippen LogP) is 2.08. The molecule has 0 radical (unpaired) electrons. The number of rotatable bonds is 4. The Bertz CT molecular complexity index is 855. The van der Waals surface area contributed by atoms with Gasteiger partial charge in [-0.2, -0.15) is 0 Å². The summed E-state index contributed by atoms with van der Waals surface area (Å²) in [6, 6.07) is 3.44. The molecule has 1 N–H and O–H groups in total. The number of carbonyl (C=O) groups is 3. The lowest BCUT2D eigenvalue weighted by molar-refractivity contribution is -0.156. The van der Waals surface area contributed by atoms with E-state index in [1.54, 1.807) is 0 Å². The first-order valence-corrected chi connectivity index (χ1v) is 8.13. The molecule has 132 valence electrons. The van der Waals surface area contributed by atoms with Crippen molar-refractivity contribution in [1.29, 1.82) is 0 Å². The smallest absolute Gasteiger partial charge is 0.324 e. The van der Waals surface area contributed by atoms with E-state index in [4.69, 9.17) is 9.15 Å². The molecule has 3 rings (SSSR count). The van der Waals surface area contributed by atoms with Crippen molar-refractivity contribution in [3.05, 3.63) is 35.1 Å². The third-order valence-electron chi connectivity index (χ3n) is 4.38. The van der Waals surface area contributed by atoms with E-state index >= 15 is 0 Å². The van der Waals surface area contributed by atoms with Gasteiger partial charge in [0.25, 0.3) is 5.91 Å². The van der Waals surface area contributed by atoms with Crippen LogP contribution < -0.4 is 5.32 Å². The van der Waals surface area contributed by atoms with Gasteiger partial charge in [0.2, 0.25) is 0 Å². The zero-order chi connectivity index (χ0) is 18.1. The van der Waals surface area contributed by atoms with E-state index in [1.165, 1.54) is 13.2 Å². The minimum Gasteiger partial charge on any atom is -0.464 e. The van der Waals surface area contributed by atoms with Gasteiger partial charge in [0.05, 0.1) is 12.7 Å². The molecule has 0 bridgehead atoms. The molecule has 1 aromatic heterocycles. The van der Waals surface area contributed by atoms with Crippen molar-refractivity contribution in [1.82, 2.24) is 10.2 Å². The van der Waals surface area contributed by atoms with Crippen LogP contribution in [-0.2, 0) is 20.7 Å². The molecule has 3 amide bonds. The van der Waals surface area contributed by atoms with Crippen LogP contribution in [-0.4, -0.2) is 42.0 Å². The highest BCUT2D eigenvalue weighted by Crippen LogP contribution is 2.25. The van der Waals surface area contributed by atoms with Crippen molar-refractivity contribution in [2.24, 2.45) is 0 Å². The number of urea groups is 1. The third-order valence-corrected chi connectivity index (χ3v) is 4.38. The standard InChI is InChI=1S/C18H20N2O5/c1-10-6-14-13(9-24-15(14)7-11(10)2)8-16(21)25-12(3)17(22)20-5-4-19-18(20)23/h6-7,9,12H,4-5,8H2,1-3H3,(H,19,23). The summed E-state index contributed by atoms with van der Waals surface area (Å²) in [6.07, 6.45) is 0.517. The van der Waals surface area contributed by atoms with E-state index in [0.717, 1.165) is 21.4 Å². The average molecular weight is 344 g/mol. The molecule has 7 nitrogen and oxygen atoms in total. The van der Waals surface area contributed by atoms with E-state index in [1.807, 2.05) is 26.0 Å². The van der Waals surface area contributed by atoms with E-state index in [2.05, 4.69) is 5.32 Å². The molecule has 2 aromatic rings. The average Bonchev–Trinajstić information content (AvgIpc) is 3.14. The molecule has 1 saturated heterocycles. The quantitative estimate of drug-likeness (QED) is 0.858. The summed E-state index contributed by atoms with van der Waals surface area (Å²) in [5.41, 5.74) is 3.64. The van der Waals surface area contributed by atoms with Crippen molar-refractivity contribution in [3.8, 4) is 0 Å². The molecular formula is C18H20N2O5. The lowest BCUT2D eigenvalue weighted by Gasteiger charge is -2.18. The van der Waals surface area contributed by atoms with Gasteiger partial charge < -0.3 is 14.5 Å². The number of nitrogens with one attached hydrogen (secondary N) is 1. The van der Waals surface area contributed by atoms with Gasteiger partial charge in [0.15, 0.2) is 6.10 Å². The number of imide groups is 1. The molecule has 25 heavy (non-hydrogen) atoms. The highest BCUT2D eigenvalue weighted by atomic mass is 16.5. The molecule has 1 aliphatic rings. The zero-order valence-electron chi connectivity index (χ0n) is 14.4. The van der Waals surface area contributed by atoms with E-state index in [-0.39, 0.29) is 13.0 Å². The zero-order valence-corrected chi connectivity index (χ0v) is 14.4. The number of furan rings is 1. The maximum absolute atomic E-state index is 12.2. The number of esters is 1. The highest BCUT2D eigenvalue weighted by Gasteiger charge is 2.31. The molecule has 0 aliphatic carbocycles. The second-order valence-corrected chi connectivity index (χ2v) is 6.22. The van der Waals surface area contributed by atoms with Crippen LogP contribution in [0.4, 0.5) is 4.79 Å². The Morgan fingerprint density at radius 1 is 1.32 bits per heavy atom. The van der Waals surface area contributed by atoms with Gasteiger partial charge in [-0.3, -0.25) is 14.5 Å². The van der Waals surface area contributed by atoms with Gasteiger partial charge in [-0.25, -0.2) is 4.79 Å². The first kappa shape index (κ1) is 17.0. The van der Waals surface area contributed by atoms with Crippen LogP contribution in [0.2, 0.25) is 0 Å². The van der Waals surface area contributed by atoms with Gasteiger partial charge >= 0.3 is 12.0 Å². The molecule has 0 spiro atoms. The normalized spacial score (nSPS) is 15.3. The van der Waals surface area contributed by atoms with Crippen molar-refractivity contribution in [2.75, 3.05) is 13.1 Å². The molecule has 1 aromatic carbocycles. The van der Waals surface area contributed by atoms with Crippen LogP contribution in [0.3, 0.4) is 0 Å². The largest absolute Gasteiger partial charge is 0.464 e. The molecule has 1 fully saturated rings. The first-order chi connectivity index (χ1) is 11.9. The third kappa shape index (κ3) is 3.35. The van der Waals surface area contributed by atoms with Gasteiger partial charge in [0, 0.05) is 24.0 Å². The second kappa shape index (κ2) is 6.58. The Kier molecular flexibility index (Phi) is 4.48. The minimum atomic E-state index is -1.02. The van der Waals surface area contributed by atoms with Gasteiger partial charge in [-0.1, -0.05) is 0 Å². The summed E-state index contributed by atoms with van der Waals surface area (Å²) in [5.74, 6) is -1.06. The molecule has 1 atom stereocenters. The maximum atomic E-state index is 12.2. The highest BCUT2D eigenvalue weighted by molar-refractivity contribution is 5.98. The van der Waals surface area contributed by atoms with Crippen LogP contribution in [0.5, 0.6) is 0 Å². The van der Waals surface area contributed by atoms with E-state index in [0.29, 0.717) is 17.7 Å². The van der Waals surface area contributed by atoms with Crippen molar-refractivity contribution >= 4 is 28.9 Å². The van der Waals surface area contributed by atoms with Gasteiger partial charge in [-0.05, 0) is 44.0 Å². The van der Waals surface area contributed by atoms with Crippen LogP contribution in [0.25, 0.3) is 11.0 Å². The van der Waals surface area contributed by atoms with Crippen molar-refractivity contribution in [3.63, 3.8) is 0 Å². The number of hydrogen-bond donors (Lipinski definition) is 1. The number of hydrogen-bond acceptors (Lipinski definition) is 5. The van der Waals surface area contributed by atoms with Crippen molar-refractivity contribution < 1.29 is 23.5 Å². The molecular weight excluding hydrogens is 324 g/mol. The fraction of sp³-hybridized carbons (Fsp3) is 0.389. The van der Waals surface area contributed by atoms with Crippen LogP contribution >= 0.6 is 0 Å². The lowest BCUT2D eigenvalue weighted by atomic mass is 10.0. The van der Waals surface area contributed by atoms with Crippen LogP contribution in [0.1, 0.15) is 23.6 Å². The SMILES string of the molecule is Cc1cc2occ(CC(=O)OC(C)C(=O)N3CCNC3=O)c2cc1C.